The number of fused-ring (bicyclic) bond motifs is 2. The molecule has 170 valence electrons. The highest BCUT2D eigenvalue weighted by molar-refractivity contribution is 7.84. The van der Waals surface area contributed by atoms with E-state index in [0.717, 1.165) is 12.8 Å². The molecule has 1 aliphatic carbocycles. The summed E-state index contributed by atoms with van der Waals surface area (Å²) in [6, 6.07) is 8.29. The van der Waals surface area contributed by atoms with Crippen LogP contribution in [0.3, 0.4) is 0 Å². The zero-order valence-corrected chi connectivity index (χ0v) is 17.6. The summed E-state index contributed by atoms with van der Waals surface area (Å²) in [5.41, 5.74) is 3.71. The number of furan rings is 1. The van der Waals surface area contributed by atoms with Gasteiger partial charge in [0.05, 0.1) is 18.9 Å². The fraction of sp³-hybridized carbons (Fsp3) is 0.400. The van der Waals surface area contributed by atoms with Gasteiger partial charge in [-0.3, -0.25) is 4.18 Å². The van der Waals surface area contributed by atoms with Crippen LogP contribution in [0.4, 0.5) is 5.82 Å². The van der Waals surface area contributed by atoms with Crippen LogP contribution in [0.25, 0.3) is 11.1 Å². The Morgan fingerprint density at radius 3 is 2.81 bits per heavy atom. The molecular formula is C20H22N4O7S. The number of anilines is 1. The molecule has 0 unspecified atom stereocenters. The Labute approximate surface area is 183 Å². The summed E-state index contributed by atoms with van der Waals surface area (Å²) in [5.74, 6) is 0.505. The predicted molar refractivity (Wildman–Crippen MR) is 112 cm³/mol. The number of hydrogen-bond acceptors (Lipinski definition) is 10. The van der Waals surface area contributed by atoms with Crippen LogP contribution >= 0.6 is 0 Å². The van der Waals surface area contributed by atoms with Gasteiger partial charge in [0.1, 0.15) is 36.3 Å². The molecule has 12 heteroatoms. The molecule has 5 rings (SSSR count). The van der Waals surface area contributed by atoms with Gasteiger partial charge in [-0.15, -0.1) is 0 Å². The third-order valence-electron chi connectivity index (χ3n) is 5.89. The maximum absolute atomic E-state index is 11.0. The Bertz CT molecular complexity index is 1250. The van der Waals surface area contributed by atoms with E-state index in [1.165, 1.54) is 23.7 Å². The van der Waals surface area contributed by atoms with Crippen LogP contribution in [-0.2, 0) is 25.6 Å². The van der Waals surface area contributed by atoms with E-state index >= 15 is 0 Å². The minimum atomic E-state index is -4.22. The van der Waals surface area contributed by atoms with Gasteiger partial charge in [0.15, 0.2) is 11.4 Å². The molecule has 3 heterocycles. The molecule has 3 aromatic rings. The predicted octanol–water partition coefficient (Wildman–Crippen LogP) is 0.704. The minimum Gasteiger partial charge on any atom is -0.458 e. The van der Waals surface area contributed by atoms with Crippen molar-refractivity contribution in [2.75, 3.05) is 11.9 Å². The van der Waals surface area contributed by atoms with Crippen LogP contribution in [0.15, 0.2) is 41.3 Å². The second-order valence-corrected chi connectivity index (χ2v) is 9.10. The number of benzene rings is 1. The standard InChI is InChI=1S/C20H22N4O7S/c21-32(27,28)30-8-14-16(25)17(26)18(31-14)12-7-29-19-15(12)22-9-23-20(19)24-13-6-5-10-3-1-2-4-11(10)13/h1-4,7,9,13-14,16-18,25-26H,5-6,8H2,(H2,21,27,28)(H,22,23,24)/t13-,14-,16-,17-,18+/m1/s1. The lowest BCUT2D eigenvalue weighted by molar-refractivity contribution is -0.0155. The largest absolute Gasteiger partial charge is 0.458 e. The number of aryl methyl sites for hydroxylation is 1. The van der Waals surface area contributed by atoms with Crippen molar-refractivity contribution in [3.63, 3.8) is 0 Å². The number of aliphatic hydroxyl groups is 2. The number of hydrogen-bond donors (Lipinski definition) is 4. The van der Waals surface area contributed by atoms with Crippen LogP contribution in [0.2, 0.25) is 0 Å². The third kappa shape index (κ3) is 3.85. The second kappa shape index (κ2) is 8.06. The molecule has 1 saturated heterocycles. The van der Waals surface area contributed by atoms with E-state index in [2.05, 4.69) is 31.6 Å². The van der Waals surface area contributed by atoms with Gasteiger partial charge in [-0.05, 0) is 24.0 Å². The summed E-state index contributed by atoms with van der Waals surface area (Å²) in [6.07, 6.45) is -0.198. The molecule has 2 aliphatic rings. The molecule has 1 aliphatic heterocycles. The normalized spacial score (nSPS) is 27.7. The van der Waals surface area contributed by atoms with Gasteiger partial charge >= 0.3 is 10.3 Å². The molecule has 1 aromatic carbocycles. The molecule has 32 heavy (non-hydrogen) atoms. The first-order valence-electron chi connectivity index (χ1n) is 10.1. The molecule has 0 spiro atoms. The number of ether oxygens (including phenoxy) is 1. The van der Waals surface area contributed by atoms with Crippen LogP contribution in [0.1, 0.15) is 35.3 Å². The molecule has 0 amide bonds. The summed E-state index contributed by atoms with van der Waals surface area (Å²) in [7, 11) is -4.22. The maximum Gasteiger partial charge on any atom is 0.333 e. The molecule has 5 atom stereocenters. The molecule has 1 fully saturated rings. The van der Waals surface area contributed by atoms with E-state index in [-0.39, 0.29) is 6.04 Å². The summed E-state index contributed by atoms with van der Waals surface area (Å²) in [6.45, 7) is -0.535. The average Bonchev–Trinajstić information content (AvgIpc) is 3.44. The number of nitrogens with two attached hydrogens (primary N) is 1. The van der Waals surface area contributed by atoms with Crippen molar-refractivity contribution in [3.8, 4) is 0 Å². The van der Waals surface area contributed by atoms with Gasteiger partial charge in [-0.25, -0.2) is 15.1 Å². The quantitative estimate of drug-likeness (QED) is 0.409. The van der Waals surface area contributed by atoms with Crippen LogP contribution in [0, 0.1) is 0 Å². The average molecular weight is 462 g/mol. The lowest BCUT2D eigenvalue weighted by Crippen LogP contribution is -2.34. The fourth-order valence-electron chi connectivity index (χ4n) is 4.35. The fourth-order valence-corrected chi connectivity index (χ4v) is 4.68. The summed E-state index contributed by atoms with van der Waals surface area (Å²) in [5, 5.41) is 29.0. The third-order valence-corrected chi connectivity index (χ3v) is 6.35. The zero-order chi connectivity index (χ0) is 22.5. The van der Waals surface area contributed by atoms with Crippen molar-refractivity contribution in [2.24, 2.45) is 5.14 Å². The van der Waals surface area contributed by atoms with E-state index in [0.29, 0.717) is 22.5 Å². The maximum atomic E-state index is 11.0. The molecule has 11 nitrogen and oxygen atoms in total. The highest BCUT2D eigenvalue weighted by Gasteiger charge is 2.45. The van der Waals surface area contributed by atoms with E-state index in [1.807, 2.05) is 12.1 Å². The van der Waals surface area contributed by atoms with Gasteiger partial charge in [0, 0.05) is 5.56 Å². The number of aromatic nitrogens is 2. The van der Waals surface area contributed by atoms with E-state index < -0.39 is 41.3 Å². The molecular weight excluding hydrogens is 440 g/mol. The van der Waals surface area contributed by atoms with Crippen molar-refractivity contribution in [2.45, 2.75) is 43.3 Å². The molecule has 0 saturated carbocycles. The Morgan fingerprint density at radius 2 is 2.00 bits per heavy atom. The Morgan fingerprint density at radius 1 is 1.19 bits per heavy atom. The Hall–Kier alpha value is -2.61. The summed E-state index contributed by atoms with van der Waals surface area (Å²) in [4.78, 5) is 8.59. The lowest BCUT2D eigenvalue weighted by atomic mass is 10.0. The van der Waals surface area contributed by atoms with Gasteiger partial charge in [0.25, 0.3) is 0 Å². The number of nitrogens with one attached hydrogen (secondary N) is 1. The van der Waals surface area contributed by atoms with Gasteiger partial charge in [-0.2, -0.15) is 8.42 Å². The van der Waals surface area contributed by atoms with Gasteiger partial charge in [-0.1, -0.05) is 24.3 Å². The lowest BCUT2D eigenvalue weighted by Gasteiger charge is -2.15. The SMILES string of the molecule is NS(=O)(=O)OC[C@H]1O[C@@H](c2coc3c(N[C@@H]4CCc5ccccc54)ncnc23)[C@H](O)[C@@H]1O. The first-order valence-corrected chi connectivity index (χ1v) is 11.5. The Kier molecular flexibility index (Phi) is 5.35. The smallest absolute Gasteiger partial charge is 0.333 e. The first kappa shape index (κ1) is 21.2. The Balaban J connectivity index is 1.40. The van der Waals surface area contributed by atoms with Crippen molar-refractivity contribution >= 4 is 27.2 Å². The number of aliphatic hydroxyl groups excluding tert-OH is 2. The van der Waals surface area contributed by atoms with E-state index in [1.54, 1.807) is 0 Å². The molecule has 2 aromatic heterocycles. The van der Waals surface area contributed by atoms with E-state index in [9.17, 15) is 18.6 Å². The molecule has 0 bridgehead atoms. The molecule has 0 radical (unpaired) electrons. The summed E-state index contributed by atoms with van der Waals surface area (Å²) < 4.78 is 38.0. The molecule has 5 N–H and O–H groups in total. The highest BCUT2D eigenvalue weighted by atomic mass is 32.2. The zero-order valence-electron chi connectivity index (χ0n) is 16.8. The van der Waals surface area contributed by atoms with Crippen molar-refractivity contribution in [1.82, 2.24) is 9.97 Å². The van der Waals surface area contributed by atoms with Gasteiger partial charge < -0.3 is 24.7 Å². The van der Waals surface area contributed by atoms with Crippen LogP contribution in [-0.4, -0.2) is 53.5 Å². The number of rotatable bonds is 6. The minimum absolute atomic E-state index is 0.0766. The highest BCUT2D eigenvalue weighted by Crippen LogP contribution is 2.40. The van der Waals surface area contributed by atoms with Crippen LogP contribution in [0.5, 0.6) is 0 Å². The topological polar surface area (TPSA) is 170 Å². The first-order chi connectivity index (χ1) is 15.3. The monoisotopic (exact) mass is 462 g/mol. The second-order valence-electron chi connectivity index (χ2n) is 7.88. The van der Waals surface area contributed by atoms with Crippen molar-refractivity contribution in [3.05, 3.63) is 53.5 Å². The van der Waals surface area contributed by atoms with Gasteiger partial charge in [0.2, 0.25) is 0 Å². The van der Waals surface area contributed by atoms with E-state index in [4.69, 9.17) is 14.3 Å². The number of nitrogens with zero attached hydrogens (tertiary/aromatic N) is 2. The van der Waals surface area contributed by atoms with Crippen molar-refractivity contribution in [1.29, 1.82) is 0 Å². The van der Waals surface area contributed by atoms with Crippen LogP contribution < -0.4 is 10.5 Å². The van der Waals surface area contributed by atoms with Crippen molar-refractivity contribution < 1.29 is 32.0 Å². The summed E-state index contributed by atoms with van der Waals surface area (Å²) >= 11 is 0.